The van der Waals surface area contributed by atoms with Crippen LogP contribution in [0.2, 0.25) is 0 Å². The van der Waals surface area contributed by atoms with Gasteiger partial charge in [-0.25, -0.2) is 0 Å². The molecule has 2 rings (SSSR count). The summed E-state index contributed by atoms with van der Waals surface area (Å²) < 4.78 is 1.83. The highest BCUT2D eigenvalue weighted by molar-refractivity contribution is 5.76. The summed E-state index contributed by atoms with van der Waals surface area (Å²) in [6.45, 7) is 2.28. The minimum Gasteiger partial charge on any atom is -0.388 e. The zero-order chi connectivity index (χ0) is 13.0. The van der Waals surface area contributed by atoms with Gasteiger partial charge in [-0.05, 0) is 30.9 Å². The van der Waals surface area contributed by atoms with Crippen LogP contribution < -0.4 is 5.32 Å². The smallest absolute Gasteiger partial charge is 0.240 e. The first-order valence-electron chi connectivity index (χ1n) is 6.82. The molecule has 1 heterocycles. The number of hydrogen-bond acceptors (Lipinski definition) is 2. The monoisotopic (exact) mass is 250 g/mol. The van der Waals surface area contributed by atoms with Crippen molar-refractivity contribution in [3.8, 4) is 0 Å². The van der Waals surface area contributed by atoms with E-state index in [1.807, 2.05) is 30.0 Å². The average Bonchev–Trinajstić information content (AvgIpc) is 2.99. The van der Waals surface area contributed by atoms with E-state index in [9.17, 15) is 9.90 Å². The van der Waals surface area contributed by atoms with Crippen LogP contribution in [0.15, 0.2) is 18.5 Å². The summed E-state index contributed by atoms with van der Waals surface area (Å²) in [6.07, 6.45) is 8.63. The third-order valence-electron chi connectivity index (χ3n) is 3.59. The molecule has 1 amide bonds. The molecular formula is C14H22N2O2. The molecule has 0 aromatic carbocycles. The Labute approximate surface area is 108 Å². The van der Waals surface area contributed by atoms with E-state index < -0.39 is 6.10 Å². The quantitative estimate of drug-likeness (QED) is 0.839. The van der Waals surface area contributed by atoms with Crippen molar-refractivity contribution in [3.05, 3.63) is 24.0 Å². The minimum atomic E-state index is -0.427. The number of aromatic nitrogens is 1. The van der Waals surface area contributed by atoms with Crippen molar-refractivity contribution in [1.29, 1.82) is 0 Å². The number of amides is 1. The van der Waals surface area contributed by atoms with E-state index in [-0.39, 0.29) is 5.91 Å². The van der Waals surface area contributed by atoms with Gasteiger partial charge in [0.25, 0.3) is 0 Å². The van der Waals surface area contributed by atoms with E-state index >= 15 is 0 Å². The molecule has 1 unspecified atom stereocenters. The number of nitrogens with zero attached hydrogens (tertiary/aromatic N) is 1. The molecule has 1 saturated carbocycles. The fourth-order valence-corrected chi connectivity index (χ4v) is 2.50. The van der Waals surface area contributed by atoms with Gasteiger partial charge in [-0.1, -0.05) is 19.8 Å². The molecule has 18 heavy (non-hydrogen) atoms. The van der Waals surface area contributed by atoms with Gasteiger partial charge in [0.15, 0.2) is 0 Å². The molecule has 1 atom stereocenters. The first-order chi connectivity index (χ1) is 8.69. The van der Waals surface area contributed by atoms with Gasteiger partial charge >= 0.3 is 0 Å². The van der Waals surface area contributed by atoms with Crippen LogP contribution >= 0.6 is 0 Å². The van der Waals surface area contributed by atoms with Crippen LogP contribution in [0.4, 0.5) is 0 Å². The minimum absolute atomic E-state index is 0.0649. The highest BCUT2D eigenvalue weighted by Crippen LogP contribution is 2.18. The van der Waals surface area contributed by atoms with E-state index in [1.54, 1.807) is 0 Å². The summed E-state index contributed by atoms with van der Waals surface area (Å²) >= 11 is 0. The molecule has 0 radical (unpaired) electrons. The predicted octanol–water partition coefficient (Wildman–Crippen LogP) is 1.99. The number of hydrogen-bond donors (Lipinski definition) is 2. The molecule has 0 saturated heterocycles. The Morgan fingerprint density at radius 2 is 2.28 bits per heavy atom. The van der Waals surface area contributed by atoms with Gasteiger partial charge in [0.05, 0.1) is 6.10 Å². The topological polar surface area (TPSA) is 54.3 Å². The highest BCUT2D eigenvalue weighted by atomic mass is 16.3. The van der Waals surface area contributed by atoms with Gasteiger partial charge in [-0.2, -0.15) is 0 Å². The number of nitrogens with one attached hydrogen (secondary N) is 1. The molecular weight excluding hydrogens is 228 g/mol. The molecule has 0 spiro atoms. The van der Waals surface area contributed by atoms with E-state index in [1.165, 1.54) is 12.8 Å². The summed E-state index contributed by atoms with van der Waals surface area (Å²) in [6, 6.07) is 2.24. The van der Waals surface area contributed by atoms with Crippen molar-refractivity contribution in [2.45, 2.75) is 57.7 Å². The van der Waals surface area contributed by atoms with Gasteiger partial charge in [-0.15, -0.1) is 0 Å². The molecule has 4 heteroatoms. The zero-order valence-corrected chi connectivity index (χ0v) is 10.9. The summed E-state index contributed by atoms with van der Waals surface area (Å²) in [5, 5.41) is 12.8. The molecule has 1 aliphatic carbocycles. The maximum Gasteiger partial charge on any atom is 0.240 e. The van der Waals surface area contributed by atoms with Crippen molar-refractivity contribution in [2.75, 3.05) is 0 Å². The van der Waals surface area contributed by atoms with Gasteiger partial charge in [-0.3, -0.25) is 4.79 Å². The first-order valence-corrected chi connectivity index (χ1v) is 6.82. The lowest BCUT2D eigenvalue weighted by atomic mass is 10.1. The van der Waals surface area contributed by atoms with Gasteiger partial charge in [0.1, 0.15) is 6.54 Å². The van der Waals surface area contributed by atoms with Crippen molar-refractivity contribution in [3.63, 3.8) is 0 Å². The van der Waals surface area contributed by atoms with Crippen LogP contribution in [0.5, 0.6) is 0 Å². The van der Waals surface area contributed by atoms with E-state index in [4.69, 9.17) is 0 Å². The Bertz CT molecular complexity index is 394. The number of aliphatic hydroxyl groups is 1. The molecule has 0 bridgehead atoms. The van der Waals surface area contributed by atoms with Crippen molar-refractivity contribution in [1.82, 2.24) is 9.88 Å². The van der Waals surface area contributed by atoms with E-state index in [2.05, 4.69) is 5.32 Å². The van der Waals surface area contributed by atoms with Crippen LogP contribution in [-0.4, -0.2) is 21.6 Å². The lowest BCUT2D eigenvalue weighted by Gasteiger charge is -2.12. The van der Waals surface area contributed by atoms with Crippen LogP contribution in [0, 0.1) is 0 Å². The third kappa shape index (κ3) is 3.35. The van der Waals surface area contributed by atoms with E-state index in [0.717, 1.165) is 18.4 Å². The summed E-state index contributed by atoms with van der Waals surface area (Å²) in [4.78, 5) is 11.8. The second kappa shape index (κ2) is 6.05. The first kappa shape index (κ1) is 13.1. The SMILES string of the molecule is CCC(O)c1ccn(CC(=O)NC2CCCC2)c1. The molecule has 1 aromatic rings. The van der Waals surface area contributed by atoms with Crippen LogP contribution in [0.25, 0.3) is 0 Å². The maximum atomic E-state index is 11.8. The molecule has 1 aliphatic rings. The zero-order valence-electron chi connectivity index (χ0n) is 10.9. The Morgan fingerprint density at radius 1 is 1.56 bits per heavy atom. The van der Waals surface area contributed by atoms with Crippen molar-refractivity contribution in [2.24, 2.45) is 0 Å². The predicted molar refractivity (Wildman–Crippen MR) is 70.1 cm³/mol. The Morgan fingerprint density at radius 3 is 2.94 bits per heavy atom. The lowest BCUT2D eigenvalue weighted by molar-refractivity contribution is -0.122. The average molecular weight is 250 g/mol. The molecule has 0 aliphatic heterocycles. The normalized spacial score (nSPS) is 17.9. The van der Waals surface area contributed by atoms with Crippen LogP contribution in [0.3, 0.4) is 0 Å². The van der Waals surface area contributed by atoms with Gasteiger partial charge in [0, 0.05) is 18.4 Å². The molecule has 1 aromatic heterocycles. The maximum absolute atomic E-state index is 11.8. The highest BCUT2D eigenvalue weighted by Gasteiger charge is 2.17. The third-order valence-corrected chi connectivity index (χ3v) is 3.59. The Hall–Kier alpha value is -1.29. The van der Waals surface area contributed by atoms with Crippen LogP contribution in [-0.2, 0) is 11.3 Å². The summed E-state index contributed by atoms with van der Waals surface area (Å²) in [5.74, 6) is 0.0649. The number of carbonyl (C=O) groups is 1. The Balaban J connectivity index is 1.84. The molecule has 1 fully saturated rings. The number of carbonyl (C=O) groups excluding carboxylic acids is 1. The van der Waals surface area contributed by atoms with Gasteiger partial charge in [0.2, 0.25) is 5.91 Å². The largest absolute Gasteiger partial charge is 0.388 e. The molecule has 2 N–H and O–H groups in total. The molecule has 4 nitrogen and oxygen atoms in total. The number of rotatable bonds is 5. The Kier molecular flexibility index (Phi) is 4.42. The van der Waals surface area contributed by atoms with Crippen molar-refractivity contribution < 1.29 is 9.90 Å². The summed E-state index contributed by atoms with van der Waals surface area (Å²) in [5.41, 5.74) is 0.881. The fraction of sp³-hybridized carbons (Fsp3) is 0.643. The number of aliphatic hydroxyl groups excluding tert-OH is 1. The van der Waals surface area contributed by atoms with E-state index in [0.29, 0.717) is 19.0 Å². The van der Waals surface area contributed by atoms with Crippen LogP contribution in [0.1, 0.15) is 50.7 Å². The second-order valence-corrected chi connectivity index (χ2v) is 5.09. The lowest BCUT2D eigenvalue weighted by Crippen LogP contribution is -2.34. The van der Waals surface area contributed by atoms with Crippen molar-refractivity contribution >= 4 is 5.91 Å². The second-order valence-electron chi connectivity index (χ2n) is 5.09. The summed E-state index contributed by atoms with van der Waals surface area (Å²) in [7, 11) is 0. The van der Waals surface area contributed by atoms with Gasteiger partial charge < -0.3 is 15.0 Å². The molecule has 100 valence electrons. The fourth-order valence-electron chi connectivity index (χ4n) is 2.50. The standard InChI is InChI=1S/C14H22N2O2/c1-2-13(17)11-7-8-16(9-11)10-14(18)15-12-5-3-4-6-12/h7-9,12-13,17H,2-6,10H2,1H3,(H,15,18).